The van der Waals surface area contributed by atoms with Crippen molar-refractivity contribution in [1.29, 1.82) is 0 Å². The molecule has 1 aromatic heterocycles. The van der Waals surface area contributed by atoms with Crippen molar-refractivity contribution in [3.05, 3.63) is 18.2 Å². The lowest BCUT2D eigenvalue weighted by Crippen LogP contribution is -2.53. The molecule has 0 radical (unpaired) electrons. The number of nitrogens with zero attached hydrogens (tertiary/aromatic N) is 4. The monoisotopic (exact) mass is 265 g/mol. The highest BCUT2D eigenvalue weighted by molar-refractivity contribution is 4.97. The van der Waals surface area contributed by atoms with E-state index < -0.39 is 0 Å². The SMILES string of the molecule is CC(C)(C)N1CCN(Cc2cn(CCN)cn2)CC1. The van der Waals surface area contributed by atoms with Gasteiger partial charge in [0.1, 0.15) is 0 Å². The van der Waals surface area contributed by atoms with E-state index in [1.54, 1.807) is 0 Å². The van der Waals surface area contributed by atoms with E-state index in [9.17, 15) is 0 Å². The highest BCUT2D eigenvalue weighted by Crippen LogP contribution is 2.16. The second-order valence-corrected chi connectivity index (χ2v) is 6.33. The molecule has 0 atom stereocenters. The molecule has 0 unspecified atom stereocenters. The third-order valence-electron chi connectivity index (χ3n) is 3.78. The fourth-order valence-corrected chi connectivity index (χ4v) is 2.57. The quantitative estimate of drug-likeness (QED) is 0.873. The number of rotatable bonds is 4. The summed E-state index contributed by atoms with van der Waals surface area (Å²) in [7, 11) is 0. The van der Waals surface area contributed by atoms with Crippen LogP contribution in [0.4, 0.5) is 0 Å². The summed E-state index contributed by atoms with van der Waals surface area (Å²) in [5.74, 6) is 0. The fourth-order valence-electron chi connectivity index (χ4n) is 2.57. The minimum atomic E-state index is 0.287. The van der Waals surface area contributed by atoms with Crippen LogP contribution in [0.5, 0.6) is 0 Å². The van der Waals surface area contributed by atoms with Gasteiger partial charge < -0.3 is 10.3 Å². The molecule has 2 N–H and O–H groups in total. The average molecular weight is 265 g/mol. The van der Waals surface area contributed by atoms with E-state index in [2.05, 4.69) is 46.3 Å². The van der Waals surface area contributed by atoms with Crippen LogP contribution in [-0.2, 0) is 13.1 Å². The Kier molecular flexibility index (Phi) is 4.60. The van der Waals surface area contributed by atoms with Crippen molar-refractivity contribution in [3.8, 4) is 0 Å². The molecular weight excluding hydrogens is 238 g/mol. The zero-order valence-electron chi connectivity index (χ0n) is 12.5. The maximum atomic E-state index is 5.55. The molecule has 0 aromatic carbocycles. The second-order valence-electron chi connectivity index (χ2n) is 6.33. The van der Waals surface area contributed by atoms with E-state index in [-0.39, 0.29) is 5.54 Å². The number of aromatic nitrogens is 2. The van der Waals surface area contributed by atoms with Gasteiger partial charge >= 0.3 is 0 Å². The van der Waals surface area contributed by atoms with Gasteiger partial charge in [0.25, 0.3) is 0 Å². The van der Waals surface area contributed by atoms with Gasteiger partial charge in [-0.3, -0.25) is 9.80 Å². The van der Waals surface area contributed by atoms with Crippen molar-refractivity contribution in [3.63, 3.8) is 0 Å². The zero-order valence-corrected chi connectivity index (χ0v) is 12.5. The van der Waals surface area contributed by atoms with E-state index in [0.717, 1.165) is 45.0 Å². The summed E-state index contributed by atoms with van der Waals surface area (Å²) in [4.78, 5) is 9.48. The largest absolute Gasteiger partial charge is 0.336 e. The van der Waals surface area contributed by atoms with Gasteiger partial charge in [-0.1, -0.05) is 0 Å². The van der Waals surface area contributed by atoms with Gasteiger partial charge in [0.2, 0.25) is 0 Å². The highest BCUT2D eigenvalue weighted by Gasteiger charge is 2.25. The molecule has 0 saturated carbocycles. The van der Waals surface area contributed by atoms with E-state index in [1.165, 1.54) is 0 Å². The van der Waals surface area contributed by atoms with Gasteiger partial charge in [-0.05, 0) is 20.8 Å². The predicted molar refractivity (Wildman–Crippen MR) is 77.9 cm³/mol. The number of hydrogen-bond donors (Lipinski definition) is 1. The Balaban J connectivity index is 1.82. The van der Waals surface area contributed by atoms with Gasteiger partial charge in [-0.15, -0.1) is 0 Å². The van der Waals surface area contributed by atoms with Crippen molar-refractivity contribution in [1.82, 2.24) is 19.4 Å². The molecule has 5 nitrogen and oxygen atoms in total. The Hall–Kier alpha value is -0.910. The van der Waals surface area contributed by atoms with Gasteiger partial charge in [0.05, 0.1) is 12.0 Å². The number of nitrogens with two attached hydrogens (primary N) is 1. The van der Waals surface area contributed by atoms with Crippen LogP contribution < -0.4 is 5.73 Å². The molecule has 0 bridgehead atoms. The van der Waals surface area contributed by atoms with Crippen LogP contribution in [0, 0.1) is 0 Å². The molecule has 1 fully saturated rings. The molecule has 0 amide bonds. The molecule has 2 heterocycles. The first-order valence-corrected chi connectivity index (χ1v) is 7.17. The third kappa shape index (κ3) is 4.03. The number of piperazine rings is 1. The summed E-state index contributed by atoms with van der Waals surface area (Å²) < 4.78 is 2.07. The lowest BCUT2D eigenvalue weighted by molar-refractivity contribution is 0.0586. The molecule has 1 aliphatic heterocycles. The van der Waals surface area contributed by atoms with E-state index in [0.29, 0.717) is 6.54 Å². The summed E-state index contributed by atoms with van der Waals surface area (Å²) >= 11 is 0. The highest BCUT2D eigenvalue weighted by atomic mass is 15.3. The van der Waals surface area contributed by atoms with Gasteiger partial charge in [-0.25, -0.2) is 4.98 Å². The zero-order chi connectivity index (χ0) is 13.9. The molecule has 5 heteroatoms. The Bertz CT molecular complexity index is 385. The fraction of sp³-hybridized carbons (Fsp3) is 0.786. The summed E-state index contributed by atoms with van der Waals surface area (Å²) in [5, 5.41) is 0. The third-order valence-corrected chi connectivity index (χ3v) is 3.78. The standard InChI is InChI=1S/C14H27N5/c1-14(2,3)19-8-6-17(7-9-19)10-13-11-18(5-4-15)12-16-13/h11-12H,4-10,15H2,1-3H3. The summed E-state index contributed by atoms with van der Waals surface area (Å²) in [6, 6.07) is 0. The summed E-state index contributed by atoms with van der Waals surface area (Å²) in [5.41, 5.74) is 6.98. The molecule has 1 aliphatic rings. The van der Waals surface area contributed by atoms with E-state index in [1.807, 2.05) is 6.33 Å². The van der Waals surface area contributed by atoms with Gasteiger partial charge in [0, 0.05) is 57.5 Å². The smallest absolute Gasteiger partial charge is 0.0950 e. The van der Waals surface area contributed by atoms with E-state index in [4.69, 9.17) is 5.73 Å². The summed E-state index contributed by atoms with van der Waals surface area (Å²) in [6.45, 7) is 13.9. The van der Waals surface area contributed by atoms with Crippen LogP contribution >= 0.6 is 0 Å². The molecule has 0 spiro atoms. The Labute approximate surface area is 116 Å². The van der Waals surface area contributed by atoms with Crippen molar-refractivity contribution in [2.24, 2.45) is 5.73 Å². The van der Waals surface area contributed by atoms with Gasteiger partial charge in [-0.2, -0.15) is 0 Å². The van der Waals surface area contributed by atoms with Crippen LogP contribution in [0.15, 0.2) is 12.5 Å². The van der Waals surface area contributed by atoms with Crippen molar-refractivity contribution in [2.45, 2.75) is 39.4 Å². The number of imidazole rings is 1. The van der Waals surface area contributed by atoms with E-state index >= 15 is 0 Å². The normalized spacial score (nSPS) is 18.9. The first-order chi connectivity index (χ1) is 8.99. The van der Waals surface area contributed by atoms with Crippen LogP contribution in [0.25, 0.3) is 0 Å². The van der Waals surface area contributed by atoms with Crippen molar-refractivity contribution < 1.29 is 0 Å². The molecular formula is C14H27N5. The van der Waals surface area contributed by atoms with Crippen molar-refractivity contribution >= 4 is 0 Å². The maximum absolute atomic E-state index is 5.55. The van der Waals surface area contributed by atoms with Crippen LogP contribution in [0.2, 0.25) is 0 Å². The Morgan fingerprint density at radius 3 is 2.47 bits per heavy atom. The summed E-state index contributed by atoms with van der Waals surface area (Å²) in [6.07, 6.45) is 4.00. The minimum Gasteiger partial charge on any atom is -0.336 e. The Morgan fingerprint density at radius 1 is 1.21 bits per heavy atom. The number of hydrogen-bond acceptors (Lipinski definition) is 4. The van der Waals surface area contributed by atoms with Crippen LogP contribution in [0.3, 0.4) is 0 Å². The molecule has 2 rings (SSSR count). The first kappa shape index (κ1) is 14.5. The molecule has 0 aliphatic carbocycles. The lowest BCUT2D eigenvalue weighted by atomic mass is 10.0. The second kappa shape index (κ2) is 6.03. The molecule has 108 valence electrons. The molecule has 1 aromatic rings. The molecule has 1 saturated heterocycles. The van der Waals surface area contributed by atoms with Crippen molar-refractivity contribution in [2.75, 3.05) is 32.7 Å². The first-order valence-electron chi connectivity index (χ1n) is 7.17. The topological polar surface area (TPSA) is 50.3 Å². The molecule has 19 heavy (non-hydrogen) atoms. The lowest BCUT2D eigenvalue weighted by Gasteiger charge is -2.42. The average Bonchev–Trinajstić information content (AvgIpc) is 2.77. The predicted octanol–water partition coefficient (Wildman–Crippen LogP) is 0.758. The van der Waals surface area contributed by atoms with Gasteiger partial charge in [0.15, 0.2) is 0 Å². The minimum absolute atomic E-state index is 0.287. The Morgan fingerprint density at radius 2 is 1.89 bits per heavy atom. The maximum Gasteiger partial charge on any atom is 0.0950 e. The van der Waals surface area contributed by atoms with Crippen LogP contribution in [0.1, 0.15) is 26.5 Å². The van der Waals surface area contributed by atoms with Crippen LogP contribution in [-0.4, -0.2) is 57.6 Å².